The summed E-state index contributed by atoms with van der Waals surface area (Å²) < 4.78 is 35.5. The molecular formula is C12H22O5S. The third kappa shape index (κ3) is 8.25. The Morgan fingerprint density at radius 1 is 1.28 bits per heavy atom. The highest BCUT2D eigenvalue weighted by Gasteiger charge is 2.25. The lowest BCUT2D eigenvalue weighted by Gasteiger charge is -2.13. The zero-order chi connectivity index (χ0) is 14.0. The number of carbonyl (C=O) groups is 1. The fraction of sp³-hybridized carbons (Fsp3) is 0.750. The minimum absolute atomic E-state index is 0.116. The number of hydrogen-bond acceptors (Lipinski definition) is 4. The van der Waals surface area contributed by atoms with E-state index in [0.717, 1.165) is 38.2 Å². The van der Waals surface area contributed by atoms with E-state index in [2.05, 4.69) is 18.2 Å². The molecule has 0 aliphatic heterocycles. The van der Waals surface area contributed by atoms with E-state index >= 15 is 0 Å². The van der Waals surface area contributed by atoms with Crippen LogP contribution in [0.3, 0.4) is 0 Å². The molecule has 0 saturated carbocycles. The van der Waals surface area contributed by atoms with Gasteiger partial charge in [-0.3, -0.25) is 4.55 Å². The van der Waals surface area contributed by atoms with Gasteiger partial charge in [-0.2, -0.15) is 8.42 Å². The Bertz CT molecular complexity index is 347. The van der Waals surface area contributed by atoms with Gasteiger partial charge in [0.1, 0.15) is 0 Å². The quantitative estimate of drug-likeness (QED) is 0.287. The average Bonchev–Trinajstić information content (AvgIpc) is 2.30. The van der Waals surface area contributed by atoms with Crippen molar-refractivity contribution in [3.05, 3.63) is 12.7 Å². The second-order valence-corrected chi connectivity index (χ2v) is 5.70. The maximum atomic E-state index is 11.0. The van der Waals surface area contributed by atoms with Gasteiger partial charge in [0.25, 0.3) is 0 Å². The van der Waals surface area contributed by atoms with Crippen LogP contribution in [-0.4, -0.2) is 24.4 Å². The van der Waals surface area contributed by atoms with Gasteiger partial charge in [-0.15, -0.1) is 0 Å². The lowest BCUT2D eigenvalue weighted by molar-refractivity contribution is -0.140. The molecule has 0 spiro atoms. The van der Waals surface area contributed by atoms with Gasteiger partial charge in [0, 0.05) is 12.5 Å². The van der Waals surface area contributed by atoms with Crippen LogP contribution in [-0.2, 0) is 19.6 Å². The summed E-state index contributed by atoms with van der Waals surface area (Å²) in [5.74, 6) is -0.844. The van der Waals surface area contributed by atoms with Gasteiger partial charge in [-0.05, 0) is 6.42 Å². The standard InChI is InChI=1S/C12H22O5S/c1-3-5-6-7-8-9-10-12(18(14,15)16)17-11(13)4-2/h4,12H,2-3,5-10H2,1H3,(H,14,15,16). The summed E-state index contributed by atoms with van der Waals surface area (Å²) in [7, 11) is -4.36. The molecule has 1 N–H and O–H groups in total. The van der Waals surface area contributed by atoms with E-state index < -0.39 is 21.5 Å². The molecule has 18 heavy (non-hydrogen) atoms. The Kier molecular flexibility index (Phi) is 8.66. The molecule has 0 aliphatic rings. The van der Waals surface area contributed by atoms with Gasteiger partial charge in [-0.1, -0.05) is 45.6 Å². The number of rotatable bonds is 10. The summed E-state index contributed by atoms with van der Waals surface area (Å²) in [5.41, 5.74) is -1.48. The molecule has 0 rings (SSSR count). The van der Waals surface area contributed by atoms with Crippen molar-refractivity contribution in [2.45, 2.75) is 57.3 Å². The number of ether oxygens (including phenoxy) is 1. The smallest absolute Gasteiger partial charge is 0.331 e. The predicted octanol–water partition coefficient (Wildman–Crippen LogP) is 2.68. The van der Waals surface area contributed by atoms with Crippen molar-refractivity contribution >= 4 is 16.1 Å². The first-order chi connectivity index (χ1) is 8.41. The number of hydrogen-bond donors (Lipinski definition) is 1. The van der Waals surface area contributed by atoms with Crippen LogP contribution in [0.25, 0.3) is 0 Å². The third-order valence-electron chi connectivity index (χ3n) is 2.54. The van der Waals surface area contributed by atoms with Gasteiger partial charge in [-0.25, -0.2) is 4.79 Å². The maximum absolute atomic E-state index is 11.0. The first-order valence-electron chi connectivity index (χ1n) is 6.21. The molecule has 0 saturated heterocycles. The number of esters is 1. The lowest BCUT2D eigenvalue weighted by atomic mass is 10.1. The lowest BCUT2D eigenvalue weighted by Crippen LogP contribution is -2.26. The monoisotopic (exact) mass is 278 g/mol. The molecule has 0 aromatic heterocycles. The summed E-state index contributed by atoms with van der Waals surface area (Å²) in [6, 6.07) is 0. The predicted molar refractivity (Wildman–Crippen MR) is 69.6 cm³/mol. The Balaban J connectivity index is 4.04. The van der Waals surface area contributed by atoms with Crippen molar-refractivity contribution in [3.8, 4) is 0 Å². The average molecular weight is 278 g/mol. The van der Waals surface area contributed by atoms with Gasteiger partial charge < -0.3 is 4.74 Å². The largest absolute Gasteiger partial charge is 0.440 e. The zero-order valence-corrected chi connectivity index (χ0v) is 11.6. The van der Waals surface area contributed by atoms with E-state index in [9.17, 15) is 13.2 Å². The van der Waals surface area contributed by atoms with E-state index in [1.54, 1.807) is 0 Å². The molecule has 0 bridgehead atoms. The highest BCUT2D eigenvalue weighted by Crippen LogP contribution is 2.14. The highest BCUT2D eigenvalue weighted by atomic mass is 32.2. The third-order valence-corrected chi connectivity index (χ3v) is 3.54. The molecule has 6 heteroatoms. The molecule has 0 fully saturated rings. The SMILES string of the molecule is C=CC(=O)OC(CCCCCCCC)S(=O)(=O)O. The van der Waals surface area contributed by atoms with Crippen molar-refractivity contribution in [3.63, 3.8) is 0 Å². The van der Waals surface area contributed by atoms with Crippen LogP contribution in [0.5, 0.6) is 0 Å². The van der Waals surface area contributed by atoms with E-state index in [4.69, 9.17) is 4.55 Å². The minimum Gasteiger partial charge on any atom is -0.440 e. The van der Waals surface area contributed by atoms with Crippen molar-refractivity contribution in [1.29, 1.82) is 0 Å². The van der Waals surface area contributed by atoms with Crippen LogP contribution in [0.1, 0.15) is 51.9 Å². The molecule has 5 nitrogen and oxygen atoms in total. The maximum Gasteiger partial charge on any atom is 0.331 e. The highest BCUT2D eigenvalue weighted by molar-refractivity contribution is 7.86. The van der Waals surface area contributed by atoms with Gasteiger partial charge in [0.15, 0.2) is 0 Å². The fourth-order valence-corrected chi connectivity index (χ4v) is 2.22. The molecule has 0 aromatic rings. The normalized spacial score (nSPS) is 13.0. The molecule has 0 heterocycles. The Hall–Kier alpha value is -0.880. The second kappa shape index (κ2) is 9.10. The molecule has 0 aliphatic carbocycles. The molecule has 106 valence electrons. The van der Waals surface area contributed by atoms with Crippen LogP contribution in [0.4, 0.5) is 0 Å². The summed E-state index contributed by atoms with van der Waals surface area (Å²) >= 11 is 0. The van der Waals surface area contributed by atoms with Crippen LogP contribution in [0, 0.1) is 0 Å². The van der Waals surface area contributed by atoms with E-state index in [1.807, 2.05) is 0 Å². The van der Waals surface area contributed by atoms with Crippen LogP contribution in [0.15, 0.2) is 12.7 Å². The van der Waals surface area contributed by atoms with Crippen molar-refractivity contribution in [2.75, 3.05) is 0 Å². The van der Waals surface area contributed by atoms with Gasteiger partial charge >= 0.3 is 16.1 Å². The minimum atomic E-state index is -4.36. The van der Waals surface area contributed by atoms with E-state index in [0.29, 0.717) is 6.42 Å². The molecular weight excluding hydrogens is 256 g/mol. The van der Waals surface area contributed by atoms with Gasteiger partial charge in [0.2, 0.25) is 5.44 Å². The Labute approximate surface area is 109 Å². The molecule has 0 radical (unpaired) electrons. The molecule has 0 amide bonds. The van der Waals surface area contributed by atoms with Crippen molar-refractivity contribution < 1.29 is 22.5 Å². The first kappa shape index (κ1) is 17.1. The first-order valence-corrected chi connectivity index (χ1v) is 7.71. The fourth-order valence-electron chi connectivity index (χ4n) is 1.54. The molecule has 1 unspecified atom stereocenters. The molecule has 0 aromatic carbocycles. The number of carbonyl (C=O) groups excluding carboxylic acids is 1. The summed E-state index contributed by atoms with van der Waals surface area (Å²) in [6.07, 6.45) is 6.87. The van der Waals surface area contributed by atoms with Crippen LogP contribution in [0.2, 0.25) is 0 Å². The summed E-state index contributed by atoms with van der Waals surface area (Å²) in [4.78, 5) is 10.9. The van der Waals surface area contributed by atoms with Crippen molar-refractivity contribution in [2.24, 2.45) is 0 Å². The molecule has 1 atom stereocenters. The van der Waals surface area contributed by atoms with E-state index in [1.165, 1.54) is 0 Å². The van der Waals surface area contributed by atoms with E-state index in [-0.39, 0.29) is 6.42 Å². The topological polar surface area (TPSA) is 80.7 Å². The summed E-state index contributed by atoms with van der Waals surface area (Å²) in [5, 5.41) is 0. The number of unbranched alkanes of at least 4 members (excludes halogenated alkanes) is 5. The van der Waals surface area contributed by atoms with Crippen LogP contribution >= 0.6 is 0 Å². The summed E-state index contributed by atoms with van der Waals surface area (Å²) in [6.45, 7) is 5.29. The Morgan fingerprint density at radius 2 is 1.83 bits per heavy atom. The van der Waals surface area contributed by atoms with Crippen molar-refractivity contribution in [1.82, 2.24) is 0 Å². The Morgan fingerprint density at radius 3 is 2.33 bits per heavy atom. The zero-order valence-electron chi connectivity index (χ0n) is 10.8. The second-order valence-electron chi connectivity index (χ2n) is 4.14. The van der Waals surface area contributed by atoms with Crippen LogP contribution < -0.4 is 0 Å². The van der Waals surface area contributed by atoms with Gasteiger partial charge in [0.05, 0.1) is 0 Å².